The Kier molecular flexibility index (Phi) is 34.3. The summed E-state index contributed by atoms with van der Waals surface area (Å²) < 4.78 is 34.1. The Morgan fingerprint density at radius 1 is 0.492 bits per heavy atom. The van der Waals surface area contributed by atoms with Gasteiger partial charge in [-0.25, -0.2) is 0 Å². The minimum Gasteiger partial charge on any atom is -0.759 e. The van der Waals surface area contributed by atoms with Crippen LogP contribution in [0.3, 0.4) is 0 Å². The second kappa shape index (κ2) is 34.9. The van der Waals surface area contributed by atoms with Gasteiger partial charge >= 0.3 is 0 Å². The van der Waals surface area contributed by atoms with E-state index in [0.29, 0.717) is 77.0 Å². The minimum absolute atomic E-state index is 0.0310. The molecule has 0 aliphatic rings. The van der Waals surface area contributed by atoms with E-state index in [-0.39, 0.29) is 47.4 Å². The SMILES string of the molecule is CC(=O)N[C@@H](CC(C)C)C(=O)N[C@@H](CC(C)C)C(=O)N[C@H](C=O)CCCN=C(N)N.CC(=O)N[C@@H](CC(C)C)C(=O)N[C@@H](CC(C)C)C(=O)N[C@H](C=O)CCCN=C(N)N.O=S(=O)([O-])[O-]. The molecule has 0 rings (SSSR count). The van der Waals surface area contributed by atoms with Crippen molar-refractivity contribution in [2.45, 2.75) is 157 Å². The highest BCUT2D eigenvalue weighted by atomic mass is 32.3. The Morgan fingerprint density at radius 3 is 0.923 bits per heavy atom. The van der Waals surface area contributed by atoms with E-state index in [1.807, 2.05) is 55.4 Å². The third-order valence-corrected chi connectivity index (χ3v) is 8.40. The molecular formula is C40H76N12O12S-2. The molecule has 65 heavy (non-hydrogen) atoms. The van der Waals surface area contributed by atoms with Gasteiger partial charge in [0.2, 0.25) is 35.4 Å². The molecular weight excluding hydrogens is 873 g/mol. The number of nitrogens with two attached hydrogens (primary N) is 4. The van der Waals surface area contributed by atoms with Crippen LogP contribution in [0.4, 0.5) is 0 Å². The molecule has 0 bridgehead atoms. The van der Waals surface area contributed by atoms with Crippen molar-refractivity contribution in [1.29, 1.82) is 0 Å². The second-order valence-electron chi connectivity index (χ2n) is 17.0. The van der Waals surface area contributed by atoms with Crippen LogP contribution in [0.1, 0.15) is 121 Å². The monoisotopic (exact) mass is 949 g/mol. The lowest BCUT2D eigenvalue weighted by atomic mass is 9.99. The largest absolute Gasteiger partial charge is 0.759 e. The molecule has 0 heterocycles. The maximum Gasteiger partial charge on any atom is 0.243 e. The number of nitrogens with zero attached hydrogens (tertiary/aromatic N) is 2. The molecule has 376 valence electrons. The predicted octanol–water partition coefficient (Wildman–Crippen LogP) is -1.73. The van der Waals surface area contributed by atoms with E-state index in [2.05, 4.69) is 41.9 Å². The van der Waals surface area contributed by atoms with E-state index >= 15 is 0 Å². The molecule has 14 N–H and O–H groups in total. The number of hydrogen-bond donors (Lipinski definition) is 10. The predicted molar refractivity (Wildman–Crippen MR) is 243 cm³/mol. The standard InChI is InChI=1S/2C20H38N6O4.H2O4S/c2*1-12(2)9-16(24-14(5)28)19(30)26-17(10-13(3)4)18(29)25-15(11-27)7-6-8-23-20(21)22;1-5(2,3)4/h2*11-13,15-17H,6-10H2,1-5H3,(H,24,28)(H,25,29)(H,26,30)(H4,21,22,23);(H2,1,2,3,4)/p-2/t2*15-,16-,17-;/m00./s1. The average Bonchev–Trinajstić information content (AvgIpc) is 3.14. The van der Waals surface area contributed by atoms with E-state index in [4.69, 9.17) is 40.5 Å². The fourth-order valence-electron chi connectivity index (χ4n) is 5.80. The van der Waals surface area contributed by atoms with Crippen LogP contribution in [0.15, 0.2) is 9.98 Å². The first-order chi connectivity index (χ1) is 29.9. The molecule has 25 heteroatoms. The number of aldehydes is 2. The van der Waals surface area contributed by atoms with E-state index in [0.717, 1.165) is 0 Å². The van der Waals surface area contributed by atoms with Crippen molar-refractivity contribution in [3.05, 3.63) is 0 Å². The zero-order valence-corrected chi connectivity index (χ0v) is 40.3. The summed E-state index contributed by atoms with van der Waals surface area (Å²) in [4.78, 5) is 104. The summed E-state index contributed by atoms with van der Waals surface area (Å²) in [5.41, 5.74) is 21.0. The summed E-state index contributed by atoms with van der Waals surface area (Å²) in [5, 5.41) is 16.1. The number of carbonyl (C=O) groups excluding carboxylic acids is 8. The summed E-state index contributed by atoms with van der Waals surface area (Å²) in [7, 11) is -5.17. The van der Waals surface area contributed by atoms with Gasteiger partial charge in [-0.1, -0.05) is 55.4 Å². The molecule has 0 saturated carbocycles. The average molecular weight is 949 g/mol. The van der Waals surface area contributed by atoms with Gasteiger partial charge in [-0.15, -0.1) is 0 Å². The molecule has 6 amide bonds. The van der Waals surface area contributed by atoms with Crippen molar-refractivity contribution in [3.8, 4) is 0 Å². The third-order valence-electron chi connectivity index (χ3n) is 8.40. The fourth-order valence-corrected chi connectivity index (χ4v) is 5.80. The number of guanidine groups is 2. The summed E-state index contributed by atoms with van der Waals surface area (Å²) in [6.07, 6.45) is 4.76. The van der Waals surface area contributed by atoms with E-state index in [1.54, 1.807) is 0 Å². The minimum atomic E-state index is -5.17. The number of aliphatic imine (C=N–C) groups is 2. The number of carbonyl (C=O) groups is 8. The zero-order valence-electron chi connectivity index (χ0n) is 39.5. The fraction of sp³-hybridized carbons (Fsp3) is 0.750. The molecule has 0 unspecified atom stereocenters. The van der Waals surface area contributed by atoms with Gasteiger partial charge in [0.15, 0.2) is 11.9 Å². The summed E-state index contributed by atoms with van der Waals surface area (Å²) >= 11 is 0. The van der Waals surface area contributed by atoms with Crippen molar-refractivity contribution in [2.75, 3.05) is 13.1 Å². The van der Waals surface area contributed by atoms with Gasteiger partial charge in [-0.2, -0.15) is 0 Å². The van der Waals surface area contributed by atoms with E-state index < -0.39 is 70.3 Å². The number of hydrogen-bond acceptors (Lipinski definition) is 14. The lowest BCUT2D eigenvalue weighted by molar-refractivity contribution is -0.133. The highest BCUT2D eigenvalue weighted by Gasteiger charge is 2.30. The Hall–Kier alpha value is -5.43. The van der Waals surface area contributed by atoms with E-state index in [9.17, 15) is 38.4 Å². The maximum absolute atomic E-state index is 12.8. The van der Waals surface area contributed by atoms with Crippen molar-refractivity contribution >= 4 is 70.3 Å². The Bertz CT molecular complexity index is 1540. The van der Waals surface area contributed by atoms with Crippen LogP contribution in [0.25, 0.3) is 0 Å². The van der Waals surface area contributed by atoms with E-state index in [1.165, 1.54) is 13.8 Å². The molecule has 0 aromatic carbocycles. The van der Waals surface area contributed by atoms with Crippen LogP contribution < -0.4 is 54.8 Å². The lowest BCUT2D eigenvalue weighted by Gasteiger charge is -2.25. The van der Waals surface area contributed by atoms with Crippen molar-refractivity contribution in [2.24, 2.45) is 56.6 Å². The first kappa shape index (κ1) is 63.9. The first-order valence-corrected chi connectivity index (χ1v) is 22.7. The van der Waals surface area contributed by atoms with Gasteiger partial charge in [0.05, 0.1) is 12.1 Å². The van der Waals surface area contributed by atoms with Gasteiger partial charge in [0, 0.05) is 37.3 Å². The molecule has 0 aromatic rings. The number of amides is 6. The van der Waals surface area contributed by atoms with Crippen LogP contribution in [0, 0.1) is 23.7 Å². The Labute approximate surface area is 383 Å². The molecule has 0 aliphatic carbocycles. The summed E-state index contributed by atoms with van der Waals surface area (Å²) in [6.45, 7) is 18.9. The first-order valence-electron chi connectivity index (χ1n) is 21.4. The highest BCUT2D eigenvalue weighted by molar-refractivity contribution is 7.79. The molecule has 6 atom stereocenters. The lowest BCUT2D eigenvalue weighted by Crippen LogP contribution is -2.55. The van der Waals surface area contributed by atoms with Gasteiger partial charge in [0.25, 0.3) is 0 Å². The maximum atomic E-state index is 12.8. The normalized spacial score (nSPS) is 13.7. The Balaban J connectivity index is -0.00000107. The molecule has 0 aliphatic heterocycles. The van der Waals surface area contributed by atoms with Crippen molar-refractivity contribution in [3.63, 3.8) is 0 Å². The van der Waals surface area contributed by atoms with Crippen LogP contribution in [-0.4, -0.2) is 127 Å². The third kappa shape index (κ3) is 39.9. The van der Waals surface area contributed by atoms with Gasteiger partial charge < -0.3 is 73.5 Å². The summed E-state index contributed by atoms with van der Waals surface area (Å²) in [6, 6.07) is -4.51. The van der Waals surface area contributed by atoms with Crippen LogP contribution in [0.2, 0.25) is 0 Å². The molecule has 24 nitrogen and oxygen atoms in total. The molecule has 0 spiro atoms. The molecule has 0 aromatic heterocycles. The second-order valence-corrected chi connectivity index (χ2v) is 17.8. The molecule has 0 radical (unpaired) electrons. The quantitative estimate of drug-likeness (QED) is 0.0104. The van der Waals surface area contributed by atoms with Crippen LogP contribution in [-0.2, 0) is 48.8 Å². The smallest absolute Gasteiger partial charge is 0.243 e. The number of nitrogens with one attached hydrogen (secondary N) is 6. The Morgan fingerprint density at radius 2 is 0.723 bits per heavy atom. The van der Waals surface area contributed by atoms with Gasteiger partial charge in [0.1, 0.15) is 36.7 Å². The van der Waals surface area contributed by atoms with Crippen LogP contribution in [0.5, 0.6) is 0 Å². The summed E-state index contributed by atoms with van der Waals surface area (Å²) in [5.74, 6) is -1.82. The van der Waals surface area contributed by atoms with Gasteiger partial charge in [-0.3, -0.25) is 47.2 Å². The highest BCUT2D eigenvalue weighted by Crippen LogP contribution is 2.11. The van der Waals surface area contributed by atoms with Crippen LogP contribution >= 0.6 is 0 Å². The number of rotatable bonds is 28. The van der Waals surface area contributed by atoms with Gasteiger partial charge in [-0.05, 0) is 75.0 Å². The molecule has 0 fully saturated rings. The zero-order chi connectivity index (χ0) is 51.0. The molecule has 0 saturated heterocycles. The van der Waals surface area contributed by atoms with Crippen molar-refractivity contribution in [1.82, 2.24) is 31.9 Å². The topological polar surface area (TPSA) is 418 Å². The van der Waals surface area contributed by atoms with Crippen molar-refractivity contribution < 1.29 is 55.9 Å².